The van der Waals surface area contributed by atoms with E-state index in [1.54, 1.807) is 13.8 Å². The lowest BCUT2D eigenvalue weighted by atomic mass is 10.2. The smallest absolute Gasteiger partial charge is 0.311 e. The van der Waals surface area contributed by atoms with Gasteiger partial charge in [-0.3, -0.25) is 14.4 Å². The van der Waals surface area contributed by atoms with Crippen LogP contribution in [0.4, 0.5) is 0 Å². The van der Waals surface area contributed by atoms with Gasteiger partial charge in [-0.1, -0.05) is 11.3 Å². The molecule has 0 spiro atoms. The molecule has 0 amide bonds. The van der Waals surface area contributed by atoms with Gasteiger partial charge in [0.05, 0.1) is 26.1 Å². The third kappa shape index (κ3) is 6.40. The largest absolute Gasteiger partial charge is 0.466 e. The van der Waals surface area contributed by atoms with Crippen molar-refractivity contribution < 1.29 is 19.1 Å². The van der Waals surface area contributed by atoms with Crippen LogP contribution in [0.5, 0.6) is 0 Å². The van der Waals surface area contributed by atoms with Gasteiger partial charge in [0.1, 0.15) is 0 Å². The second kappa shape index (κ2) is 9.37. The van der Waals surface area contributed by atoms with Gasteiger partial charge in [-0.2, -0.15) is 0 Å². The second-order valence-corrected chi connectivity index (χ2v) is 5.76. The number of hydrogen-bond acceptors (Lipinski definition) is 7. The van der Waals surface area contributed by atoms with Crippen LogP contribution in [0.25, 0.3) is 0 Å². The van der Waals surface area contributed by atoms with E-state index >= 15 is 0 Å². The third-order valence-electron chi connectivity index (χ3n) is 2.85. The predicted octanol–water partition coefficient (Wildman–Crippen LogP) is 0.927. The van der Waals surface area contributed by atoms with E-state index in [1.807, 2.05) is 11.9 Å². The van der Waals surface area contributed by atoms with Crippen LogP contribution in [-0.4, -0.2) is 48.6 Å². The Hall–Kier alpha value is -1.67. The van der Waals surface area contributed by atoms with Gasteiger partial charge in [0.15, 0.2) is 0 Å². The van der Waals surface area contributed by atoms with Gasteiger partial charge in [0.2, 0.25) is 0 Å². The van der Waals surface area contributed by atoms with E-state index in [4.69, 9.17) is 9.47 Å². The van der Waals surface area contributed by atoms with Gasteiger partial charge < -0.3 is 19.4 Å². The summed E-state index contributed by atoms with van der Waals surface area (Å²) in [5.41, 5.74) is 0.580. The fourth-order valence-electron chi connectivity index (χ4n) is 1.86. The highest BCUT2D eigenvalue weighted by atomic mass is 32.1. The zero-order valence-electron chi connectivity index (χ0n) is 13.1. The number of esters is 2. The fraction of sp³-hybridized carbons (Fsp3) is 0.643. The van der Waals surface area contributed by atoms with Crippen molar-refractivity contribution in [2.24, 2.45) is 0 Å². The topological polar surface area (TPSA) is 88.7 Å². The molecule has 7 nitrogen and oxygen atoms in total. The number of H-pyrrole nitrogens is 1. The molecule has 0 bridgehead atoms. The van der Waals surface area contributed by atoms with Crippen molar-refractivity contribution in [2.45, 2.75) is 33.2 Å². The third-order valence-corrected chi connectivity index (χ3v) is 3.76. The maximum absolute atomic E-state index is 11.5. The molecule has 1 heterocycles. The highest BCUT2D eigenvalue weighted by Gasteiger charge is 2.15. The molecule has 1 N–H and O–H groups in total. The number of thiazole rings is 1. The molecule has 1 aromatic heterocycles. The Kier molecular flexibility index (Phi) is 7.83. The number of carbonyl (C=O) groups is 2. The first-order chi connectivity index (χ1) is 10.5. The normalized spacial score (nSPS) is 10.7. The van der Waals surface area contributed by atoms with Crippen molar-refractivity contribution in [3.8, 4) is 0 Å². The Balaban J connectivity index is 2.59. The minimum absolute atomic E-state index is 0.0492. The minimum Gasteiger partial charge on any atom is -0.466 e. The Bertz CT molecular complexity index is 552. The average Bonchev–Trinajstić information content (AvgIpc) is 2.77. The van der Waals surface area contributed by atoms with E-state index in [0.717, 1.165) is 16.2 Å². The van der Waals surface area contributed by atoms with E-state index in [1.165, 1.54) is 0 Å². The number of aromatic amines is 1. The lowest BCUT2D eigenvalue weighted by molar-refractivity contribution is -0.143. The number of ether oxygens (including phenoxy) is 2. The first-order valence-corrected chi connectivity index (χ1v) is 7.98. The van der Waals surface area contributed by atoms with Gasteiger partial charge in [-0.15, -0.1) is 0 Å². The summed E-state index contributed by atoms with van der Waals surface area (Å²) in [7, 11) is 1.84. The van der Waals surface area contributed by atoms with E-state index in [0.29, 0.717) is 32.0 Å². The number of carbonyl (C=O) groups excluding carboxylic acids is 2. The van der Waals surface area contributed by atoms with Gasteiger partial charge >= 0.3 is 16.8 Å². The van der Waals surface area contributed by atoms with E-state index in [9.17, 15) is 14.4 Å². The first kappa shape index (κ1) is 18.4. The van der Waals surface area contributed by atoms with Crippen LogP contribution in [0, 0.1) is 0 Å². The van der Waals surface area contributed by atoms with Crippen molar-refractivity contribution >= 4 is 23.3 Å². The van der Waals surface area contributed by atoms with Crippen LogP contribution in [0.3, 0.4) is 0 Å². The van der Waals surface area contributed by atoms with Gasteiger partial charge in [0.25, 0.3) is 0 Å². The number of nitrogens with zero attached hydrogens (tertiary/aromatic N) is 1. The fourth-order valence-corrected chi connectivity index (χ4v) is 2.79. The van der Waals surface area contributed by atoms with Crippen LogP contribution < -0.4 is 4.87 Å². The summed E-state index contributed by atoms with van der Waals surface area (Å²) >= 11 is 1.07. The molecule has 0 aliphatic carbocycles. The molecule has 8 heteroatoms. The molecule has 124 valence electrons. The SMILES string of the molecule is CCOC(=O)CCN(C)Cc1sc(=O)[nH]c1CC(=O)OCC. The molecule has 0 unspecified atom stereocenters. The van der Waals surface area contributed by atoms with Crippen LogP contribution >= 0.6 is 11.3 Å². The molecule has 0 radical (unpaired) electrons. The number of hydrogen-bond donors (Lipinski definition) is 1. The van der Waals surface area contributed by atoms with E-state index in [2.05, 4.69) is 4.98 Å². The summed E-state index contributed by atoms with van der Waals surface area (Å²) in [5, 5.41) is 0. The summed E-state index contributed by atoms with van der Waals surface area (Å²) in [4.78, 5) is 39.5. The zero-order chi connectivity index (χ0) is 16.5. The minimum atomic E-state index is -0.369. The van der Waals surface area contributed by atoms with Gasteiger partial charge in [-0.05, 0) is 20.9 Å². The lowest BCUT2D eigenvalue weighted by Crippen LogP contribution is -2.22. The molecule has 22 heavy (non-hydrogen) atoms. The highest BCUT2D eigenvalue weighted by Crippen LogP contribution is 2.13. The molecule has 1 aromatic rings. The molecule has 0 atom stereocenters. The summed E-state index contributed by atoms with van der Waals surface area (Å²) in [6.07, 6.45) is 0.338. The van der Waals surface area contributed by atoms with Crippen molar-refractivity contribution in [3.63, 3.8) is 0 Å². The lowest BCUT2D eigenvalue weighted by Gasteiger charge is -2.15. The van der Waals surface area contributed by atoms with Crippen molar-refractivity contribution in [1.29, 1.82) is 0 Å². The quantitative estimate of drug-likeness (QED) is 0.678. The summed E-state index contributed by atoms with van der Waals surface area (Å²) < 4.78 is 9.76. The molecular weight excluding hydrogens is 308 g/mol. The molecule has 0 saturated carbocycles. The van der Waals surface area contributed by atoms with Crippen molar-refractivity contribution in [2.75, 3.05) is 26.8 Å². The van der Waals surface area contributed by atoms with Gasteiger partial charge in [-0.25, -0.2) is 0 Å². The molecule has 0 saturated heterocycles. The van der Waals surface area contributed by atoms with E-state index < -0.39 is 0 Å². The number of nitrogens with one attached hydrogen (secondary N) is 1. The Morgan fingerprint density at radius 3 is 2.45 bits per heavy atom. The first-order valence-electron chi connectivity index (χ1n) is 7.16. The maximum Gasteiger partial charge on any atom is 0.311 e. The Morgan fingerprint density at radius 1 is 1.18 bits per heavy atom. The maximum atomic E-state index is 11.5. The number of rotatable bonds is 9. The molecule has 1 rings (SSSR count). The Labute approximate surface area is 133 Å². The summed E-state index contributed by atoms with van der Waals surface area (Å²) in [6, 6.07) is 0. The van der Waals surface area contributed by atoms with Gasteiger partial charge in [0, 0.05) is 23.7 Å². The molecule has 0 aliphatic heterocycles. The monoisotopic (exact) mass is 330 g/mol. The summed E-state index contributed by atoms with van der Waals surface area (Å²) in [6.45, 7) is 5.17. The standard InChI is InChI=1S/C14H22N2O5S/c1-4-20-12(17)6-7-16(3)9-11-10(15-14(19)22-11)8-13(18)21-5-2/h4-9H2,1-3H3,(H,15,19). The molecule has 0 fully saturated rings. The van der Waals surface area contributed by atoms with Crippen LogP contribution in [0.2, 0.25) is 0 Å². The Morgan fingerprint density at radius 2 is 1.82 bits per heavy atom. The molecular formula is C14H22N2O5S. The van der Waals surface area contributed by atoms with E-state index in [-0.39, 0.29) is 29.7 Å². The number of aromatic nitrogens is 1. The average molecular weight is 330 g/mol. The molecule has 0 aromatic carbocycles. The van der Waals surface area contributed by atoms with Crippen molar-refractivity contribution in [1.82, 2.24) is 9.88 Å². The predicted molar refractivity (Wildman–Crippen MR) is 82.9 cm³/mol. The van der Waals surface area contributed by atoms with Crippen LogP contribution in [-0.2, 0) is 32.0 Å². The molecule has 0 aliphatic rings. The highest BCUT2D eigenvalue weighted by molar-refractivity contribution is 7.09. The zero-order valence-corrected chi connectivity index (χ0v) is 14.0. The summed E-state index contributed by atoms with van der Waals surface area (Å²) in [5.74, 6) is -0.615. The van der Waals surface area contributed by atoms with Crippen LogP contribution in [0.1, 0.15) is 30.8 Å². The van der Waals surface area contributed by atoms with Crippen LogP contribution in [0.15, 0.2) is 4.79 Å². The van der Waals surface area contributed by atoms with Crippen molar-refractivity contribution in [3.05, 3.63) is 20.2 Å². The second-order valence-electron chi connectivity index (χ2n) is 4.69.